The Balaban J connectivity index is 1.95. The normalized spacial score (nSPS) is 17.6. The second kappa shape index (κ2) is 7.27. The Hall–Kier alpha value is -0.000000000000000167. The summed E-state index contributed by atoms with van der Waals surface area (Å²) in [6, 6.07) is 3.58. The summed E-state index contributed by atoms with van der Waals surface area (Å²) in [6.07, 6.45) is 7.79. The standard InChI is InChI=1S/C15H15Cl3N2S2/c16-11-8-12(17)14(13(18)9-11)15(21-6-1-7-22-15)2-4-20-5-3-19-10-20/h3,5,8-10H,1-2,4,6-7H2. The lowest BCUT2D eigenvalue weighted by atomic mass is 10.1. The topological polar surface area (TPSA) is 17.8 Å². The molecule has 0 aliphatic carbocycles. The summed E-state index contributed by atoms with van der Waals surface area (Å²) in [6.45, 7) is 0.884. The maximum Gasteiger partial charge on any atom is 0.0945 e. The van der Waals surface area contributed by atoms with E-state index in [2.05, 4.69) is 9.55 Å². The number of hydrogen-bond acceptors (Lipinski definition) is 3. The summed E-state index contributed by atoms with van der Waals surface area (Å²) in [5, 5.41) is 1.89. The highest BCUT2D eigenvalue weighted by atomic mass is 35.5. The first-order chi connectivity index (χ1) is 10.6. The van der Waals surface area contributed by atoms with Crippen molar-refractivity contribution in [2.24, 2.45) is 0 Å². The second-order valence-electron chi connectivity index (χ2n) is 5.10. The molecule has 3 rings (SSSR count). The number of nitrogens with zero attached hydrogens (tertiary/aromatic N) is 2. The molecule has 1 aromatic heterocycles. The molecule has 0 unspecified atom stereocenters. The fourth-order valence-corrected chi connectivity index (χ4v) is 7.41. The number of aryl methyl sites for hydroxylation is 1. The SMILES string of the molecule is Clc1cc(Cl)c(C2(CCn3ccnc3)SCCCS2)c(Cl)c1. The predicted molar refractivity (Wildman–Crippen MR) is 99.5 cm³/mol. The van der Waals surface area contributed by atoms with Crippen molar-refractivity contribution in [1.82, 2.24) is 9.55 Å². The molecule has 0 N–H and O–H groups in total. The van der Waals surface area contributed by atoms with Gasteiger partial charge in [0.2, 0.25) is 0 Å². The molecule has 22 heavy (non-hydrogen) atoms. The molecule has 2 aromatic rings. The van der Waals surface area contributed by atoms with Crippen LogP contribution < -0.4 is 0 Å². The van der Waals surface area contributed by atoms with E-state index in [4.69, 9.17) is 34.8 Å². The van der Waals surface area contributed by atoms with E-state index in [9.17, 15) is 0 Å². The molecule has 0 spiro atoms. The van der Waals surface area contributed by atoms with Gasteiger partial charge < -0.3 is 4.57 Å². The summed E-state index contributed by atoms with van der Waals surface area (Å²) in [7, 11) is 0. The monoisotopic (exact) mass is 392 g/mol. The van der Waals surface area contributed by atoms with Gasteiger partial charge in [-0.1, -0.05) is 34.8 Å². The zero-order valence-electron chi connectivity index (χ0n) is 11.8. The van der Waals surface area contributed by atoms with Crippen molar-refractivity contribution < 1.29 is 0 Å². The van der Waals surface area contributed by atoms with E-state index in [1.54, 1.807) is 18.3 Å². The molecular weight excluding hydrogens is 379 g/mol. The van der Waals surface area contributed by atoms with Gasteiger partial charge in [-0.15, -0.1) is 23.5 Å². The van der Waals surface area contributed by atoms with Crippen molar-refractivity contribution in [1.29, 1.82) is 0 Å². The Kier molecular flexibility index (Phi) is 5.56. The zero-order chi connectivity index (χ0) is 15.6. The molecule has 1 aliphatic heterocycles. The summed E-state index contributed by atoms with van der Waals surface area (Å²) in [4.78, 5) is 4.11. The van der Waals surface area contributed by atoms with Crippen LogP contribution in [0.1, 0.15) is 18.4 Å². The van der Waals surface area contributed by atoms with Crippen LogP contribution in [0.25, 0.3) is 0 Å². The highest BCUT2D eigenvalue weighted by Gasteiger charge is 2.39. The van der Waals surface area contributed by atoms with Crippen LogP contribution in [0, 0.1) is 0 Å². The van der Waals surface area contributed by atoms with Crippen molar-refractivity contribution in [2.45, 2.75) is 23.5 Å². The molecule has 1 fully saturated rings. The first-order valence-electron chi connectivity index (χ1n) is 6.99. The van der Waals surface area contributed by atoms with Crippen molar-refractivity contribution in [3.05, 3.63) is 51.5 Å². The lowest BCUT2D eigenvalue weighted by molar-refractivity contribution is 0.610. The molecule has 0 atom stereocenters. The van der Waals surface area contributed by atoms with Crippen LogP contribution in [0.5, 0.6) is 0 Å². The maximum absolute atomic E-state index is 6.50. The number of halogens is 3. The molecule has 1 aliphatic rings. The largest absolute Gasteiger partial charge is 0.337 e. The number of hydrogen-bond donors (Lipinski definition) is 0. The van der Waals surface area contributed by atoms with Gasteiger partial charge in [-0.2, -0.15) is 0 Å². The summed E-state index contributed by atoms with van der Waals surface area (Å²) < 4.78 is 1.97. The minimum absolute atomic E-state index is 0.124. The summed E-state index contributed by atoms with van der Waals surface area (Å²) in [5.74, 6) is 2.23. The minimum atomic E-state index is -0.124. The van der Waals surface area contributed by atoms with Crippen LogP contribution in [-0.2, 0) is 10.6 Å². The van der Waals surface area contributed by atoms with Gasteiger partial charge >= 0.3 is 0 Å². The van der Waals surface area contributed by atoms with Gasteiger partial charge in [0.25, 0.3) is 0 Å². The molecule has 7 heteroatoms. The van der Waals surface area contributed by atoms with E-state index >= 15 is 0 Å². The Labute approximate surface area is 153 Å². The zero-order valence-corrected chi connectivity index (χ0v) is 15.7. The molecule has 1 saturated heterocycles. The van der Waals surface area contributed by atoms with Gasteiger partial charge in [0.1, 0.15) is 0 Å². The molecule has 2 nitrogen and oxygen atoms in total. The second-order valence-corrected chi connectivity index (χ2v) is 9.40. The molecule has 0 saturated carbocycles. The maximum atomic E-state index is 6.50. The quantitative estimate of drug-likeness (QED) is 0.638. The fourth-order valence-electron chi connectivity index (χ4n) is 2.59. The number of aromatic nitrogens is 2. The van der Waals surface area contributed by atoms with E-state index in [1.807, 2.05) is 36.0 Å². The minimum Gasteiger partial charge on any atom is -0.337 e. The highest BCUT2D eigenvalue weighted by molar-refractivity contribution is 8.18. The molecule has 2 heterocycles. The average Bonchev–Trinajstić information content (AvgIpc) is 2.98. The Bertz CT molecular complexity index is 617. The third-order valence-corrected chi connectivity index (χ3v) is 7.86. The third kappa shape index (κ3) is 3.57. The molecule has 118 valence electrons. The van der Waals surface area contributed by atoms with Gasteiger partial charge in [0, 0.05) is 39.6 Å². The number of rotatable bonds is 4. The Morgan fingerprint density at radius 1 is 1.14 bits per heavy atom. The van der Waals surface area contributed by atoms with Crippen molar-refractivity contribution in [3.8, 4) is 0 Å². The molecule has 1 aromatic carbocycles. The van der Waals surface area contributed by atoms with E-state index < -0.39 is 0 Å². The third-order valence-electron chi connectivity index (χ3n) is 3.61. The van der Waals surface area contributed by atoms with Crippen LogP contribution in [0.3, 0.4) is 0 Å². The fraction of sp³-hybridized carbons (Fsp3) is 0.400. The van der Waals surface area contributed by atoms with Crippen LogP contribution in [0.2, 0.25) is 15.1 Å². The number of thioether (sulfide) groups is 2. The average molecular weight is 394 g/mol. The molecule has 0 bridgehead atoms. The Morgan fingerprint density at radius 2 is 1.82 bits per heavy atom. The molecule has 0 amide bonds. The van der Waals surface area contributed by atoms with Gasteiger partial charge in [0.05, 0.1) is 10.4 Å². The van der Waals surface area contributed by atoms with E-state index in [-0.39, 0.29) is 4.08 Å². The van der Waals surface area contributed by atoms with Crippen molar-refractivity contribution in [2.75, 3.05) is 11.5 Å². The highest BCUT2D eigenvalue weighted by Crippen LogP contribution is 2.56. The number of benzene rings is 1. The smallest absolute Gasteiger partial charge is 0.0945 e. The van der Waals surface area contributed by atoms with Crippen LogP contribution in [0.15, 0.2) is 30.9 Å². The van der Waals surface area contributed by atoms with E-state index in [1.165, 1.54) is 6.42 Å². The first kappa shape index (κ1) is 16.8. The lowest BCUT2D eigenvalue weighted by Gasteiger charge is -2.38. The predicted octanol–water partition coefficient (Wildman–Crippen LogP) is 5.96. The molecular formula is C15H15Cl3N2S2. The van der Waals surface area contributed by atoms with E-state index in [0.29, 0.717) is 15.1 Å². The number of imidazole rings is 1. The van der Waals surface area contributed by atoms with Gasteiger partial charge in [0.15, 0.2) is 0 Å². The van der Waals surface area contributed by atoms with Crippen molar-refractivity contribution >= 4 is 58.3 Å². The summed E-state index contributed by atoms with van der Waals surface area (Å²) in [5.41, 5.74) is 1.01. The van der Waals surface area contributed by atoms with Crippen LogP contribution in [-0.4, -0.2) is 21.1 Å². The lowest BCUT2D eigenvalue weighted by Crippen LogP contribution is -2.25. The summed E-state index contributed by atoms with van der Waals surface area (Å²) >= 11 is 23.0. The first-order valence-corrected chi connectivity index (χ1v) is 10.1. The van der Waals surface area contributed by atoms with Gasteiger partial charge in [-0.05, 0) is 36.5 Å². The van der Waals surface area contributed by atoms with Gasteiger partial charge in [-0.25, -0.2) is 4.98 Å². The van der Waals surface area contributed by atoms with Gasteiger partial charge in [-0.3, -0.25) is 0 Å². The van der Waals surface area contributed by atoms with Crippen LogP contribution >= 0.6 is 58.3 Å². The van der Waals surface area contributed by atoms with E-state index in [0.717, 1.165) is 30.0 Å². The molecule has 0 radical (unpaired) electrons. The van der Waals surface area contributed by atoms with Crippen LogP contribution in [0.4, 0.5) is 0 Å². The Morgan fingerprint density at radius 3 is 2.41 bits per heavy atom. The van der Waals surface area contributed by atoms with Crippen molar-refractivity contribution in [3.63, 3.8) is 0 Å².